The molecule has 0 spiro atoms. The molecule has 0 radical (unpaired) electrons. The lowest BCUT2D eigenvalue weighted by atomic mass is 10.1. The molecule has 1 aromatic rings. The Hall–Kier alpha value is -2.44. The zero-order chi connectivity index (χ0) is 14.3. The van der Waals surface area contributed by atoms with E-state index in [1.165, 1.54) is 6.07 Å². The third-order valence-electron chi connectivity index (χ3n) is 3.85. The normalized spacial score (nSPS) is 21.6. The molecule has 106 valence electrons. The van der Waals surface area contributed by atoms with E-state index < -0.39 is 5.97 Å². The van der Waals surface area contributed by atoms with Gasteiger partial charge in [-0.1, -0.05) is 0 Å². The third-order valence-corrected chi connectivity index (χ3v) is 3.85. The fourth-order valence-corrected chi connectivity index (χ4v) is 2.80. The number of aromatic carboxylic acids is 1. The van der Waals surface area contributed by atoms with E-state index in [1.807, 2.05) is 4.90 Å². The summed E-state index contributed by atoms with van der Waals surface area (Å²) < 4.78 is 0. The Balaban J connectivity index is 1.80. The van der Waals surface area contributed by atoms with E-state index in [1.54, 1.807) is 12.1 Å². The average molecular weight is 276 g/mol. The van der Waals surface area contributed by atoms with Crippen molar-refractivity contribution in [3.05, 3.63) is 23.8 Å². The number of nitrogens with two attached hydrogens (primary N) is 1. The summed E-state index contributed by atoms with van der Waals surface area (Å²) in [5.41, 5.74) is 7.42. The molecule has 2 fully saturated rings. The number of carboxylic acid groups (broad SMARTS) is 1. The quantitative estimate of drug-likeness (QED) is 0.669. The van der Waals surface area contributed by atoms with Gasteiger partial charge >= 0.3 is 12.0 Å². The lowest BCUT2D eigenvalue weighted by molar-refractivity contribution is 0.0697. The molecule has 0 saturated carbocycles. The first kappa shape index (κ1) is 12.6. The Morgan fingerprint density at radius 1 is 1.40 bits per heavy atom. The van der Waals surface area contributed by atoms with E-state index in [4.69, 9.17) is 10.8 Å². The molecule has 3 rings (SSSR count). The van der Waals surface area contributed by atoms with Crippen molar-refractivity contribution in [1.82, 2.24) is 10.2 Å². The van der Waals surface area contributed by atoms with E-state index in [-0.39, 0.29) is 17.6 Å². The zero-order valence-corrected chi connectivity index (χ0v) is 10.9. The highest BCUT2D eigenvalue weighted by atomic mass is 16.4. The first-order chi connectivity index (χ1) is 9.56. The third kappa shape index (κ3) is 2.01. The van der Waals surface area contributed by atoms with Gasteiger partial charge in [0.1, 0.15) is 0 Å². The fraction of sp³-hybridized carbons (Fsp3) is 0.385. The van der Waals surface area contributed by atoms with Crippen LogP contribution in [-0.2, 0) is 0 Å². The number of nitrogen functional groups attached to an aromatic ring is 1. The molecule has 7 heteroatoms. The maximum Gasteiger partial charge on any atom is 0.335 e. The number of rotatable bonds is 2. The Bertz CT molecular complexity index is 575. The van der Waals surface area contributed by atoms with Crippen molar-refractivity contribution in [2.24, 2.45) is 0 Å². The number of hydrogen-bond acceptors (Lipinski definition) is 4. The van der Waals surface area contributed by atoms with Crippen LogP contribution in [0.25, 0.3) is 0 Å². The van der Waals surface area contributed by atoms with Gasteiger partial charge in [0, 0.05) is 26.2 Å². The van der Waals surface area contributed by atoms with Crippen LogP contribution in [0.4, 0.5) is 16.2 Å². The minimum atomic E-state index is -0.987. The predicted octanol–water partition coefficient (Wildman–Crippen LogP) is 0.181. The highest BCUT2D eigenvalue weighted by Gasteiger charge is 2.35. The Morgan fingerprint density at radius 3 is 2.90 bits per heavy atom. The molecular weight excluding hydrogens is 260 g/mol. The molecule has 2 heterocycles. The van der Waals surface area contributed by atoms with Crippen LogP contribution < -0.4 is 16.0 Å². The number of amides is 2. The molecule has 2 saturated heterocycles. The van der Waals surface area contributed by atoms with E-state index in [2.05, 4.69) is 10.2 Å². The van der Waals surface area contributed by atoms with Crippen LogP contribution >= 0.6 is 0 Å². The summed E-state index contributed by atoms with van der Waals surface area (Å²) in [6.07, 6.45) is 0. The van der Waals surface area contributed by atoms with Crippen molar-refractivity contribution in [1.29, 1.82) is 0 Å². The lowest BCUT2D eigenvalue weighted by Gasteiger charge is -2.38. The van der Waals surface area contributed by atoms with Crippen molar-refractivity contribution in [2.45, 2.75) is 6.04 Å². The van der Waals surface area contributed by atoms with Crippen LogP contribution in [0, 0.1) is 0 Å². The topological polar surface area (TPSA) is 98.9 Å². The van der Waals surface area contributed by atoms with Gasteiger partial charge in [-0.25, -0.2) is 9.59 Å². The number of nitrogens with one attached hydrogen (secondary N) is 1. The maximum absolute atomic E-state index is 11.5. The molecule has 1 unspecified atom stereocenters. The van der Waals surface area contributed by atoms with E-state index in [0.717, 1.165) is 5.69 Å². The number of nitrogens with zero attached hydrogens (tertiary/aromatic N) is 2. The number of hydrogen-bond donors (Lipinski definition) is 3. The molecule has 2 amide bonds. The van der Waals surface area contributed by atoms with Crippen molar-refractivity contribution >= 4 is 23.4 Å². The summed E-state index contributed by atoms with van der Waals surface area (Å²) in [4.78, 5) is 26.4. The van der Waals surface area contributed by atoms with Crippen LogP contribution in [0.5, 0.6) is 0 Å². The zero-order valence-electron chi connectivity index (χ0n) is 10.9. The lowest BCUT2D eigenvalue weighted by Crippen LogP contribution is -2.52. The first-order valence-corrected chi connectivity index (χ1v) is 6.48. The number of carbonyl (C=O) groups excluding carboxylic acids is 1. The number of urea groups is 1. The fourth-order valence-electron chi connectivity index (χ4n) is 2.80. The number of benzene rings is 1. The summed E-state index contributed by atoms with van der Waals surface area (Å²) in [6, 6.07) is 4.90. The summed E-state index contributed by atoms with van der Waals surface area (Å²) in [5.74, 6) is -0.987. The van der Waals surface area contributed by atoms with Crippen LogP contribution in [0.1, 0.15) is 10.4 Å². The second-order valence-electron chi connectivity index (χ2n) is 5.06. The predicted molar refractivity (Wildman–Crippen MR) is 73.9 cm³/mol. The Morgan fingerprint density at radius 2 is 2.20 bits per heavy atom. The van der Waals surface area contributed by atoms with Crippen molar-refractivity contribution in [3.63, 3.8) is 0 Å². The van der Waals surface area contributed by atoms with Gasteiger partial charge in [0.15, 0.2) is 0 Å². The molecule has 2 aliphatic heterocycles. The van der Waals surface area contributed by atoms with Crippen LogP contribution in [0.15, 0.2) is 18.2 Å². The summed E-state index contributed by atoms with van der Waals surface area (Å²) >= 11 is 0. The van der Waals surface area contributed by atoms with Crippen molar-refractivity contribution in [3.8, 4) is 0 Å². The molecule has 7 nitrogen and oxygen atoms in total. The molecule has 1 atom stereocenters. The minimum Gasteiger partial charge on any atom is -0.478 e. The van der Waals surface area contributed by atoms with Gasteiger partial charge in [0.25, 0.3) is 0 Å². The molecule has 1 aromatic carbocycles. The van der Waals surface area contributed by atoms with E-state index in [9.17, 15) is 9.59 Å². The Labute approximate surface area is 116 Å². The second-order valence-corrected chi connectivity index (χ2v) is 5.06. The van der Waals surface area contributed by atoms with Crippen molar-refractivity contribution in [2.75, 3.05) is 36.8 Å². The van der Waals surface area contributed by atoms with Gasteiger partial charge in [0.2, 0.25) is 0 Å². The van der Waals surface area contributed by atoms with E-state index in [0.29, 0.717) is 31.9 Å². The van der Waals surface area contributed by atoms with Crippen LogP contribution in [0.3, 0.4) is 0 Å². The van der Waals surface area contributed by atoms with Gasteiger partial charge in [0.05, 0.1) is 23.0 Å². The van der Waals surface area contributed by atoms with Crippen LogP contribution in [0.2, 0.25) is 0 Å². The highest BCUT2D eigenvalue weighted by Crippen LogP contribution is 2.27. The monoisotopic (exact) mass is 276 g/mol. The minimum absolute atomic E-state index is 0.0103. The molecule has 0 bridgehead atoms. The number of piperazine rings is 1. The Kier molecular flexibility index (Phi) is 2.89. The van der Waals surface area contributed by atoms with Gasteiger partial charge in [-0.15, -0.1) is 0 Å². The average Bonchev–Trinajstić information content (AvgIpc) is 2.79. The first-order valence-electron chi connectivity index (χ1n) is 6.48. The maximum atomic E-state index is 11.5. The molecule has 0 aromatic heterocycles. The number of fused-ring (bicyclic) bond motifs is 1. The van der Waals surface area contributed by atoms with Gasteiger partial charge in [-0.3, -0.25) is 0 Å². The summed E-state index contributed by atoms with van der Waals surface area (Å²) in [5, 5.41) is 11.8. The second kappa shape index (κ2) is 4.59. The van der Waals surface area contributed by atoms with Crippen LogP contribution in [-0.4, -0.2) is 54.2 Å². The van der Waals surface area contributed by atoms with Gasteiger partial charge in [-0.2, -0.15) is 0 Å². The molecular formula is C13H16N4O3. The summed E-state index contributed by atoms with van der Waals surface area (Å²) in [6.45, 7) is 2.69. The van der Waals surface area contributed by atoms with E-state index >= 15 is 0 Å². The number of carboxylic acids is 1. The smallest absolute Gasteiger partial charge is 0.335 e. The number of carbonyl (C=O) groups is 2. The molecule has 20 heavy (non-hydrogen) atoms. The van der Waals surface area contributed by atoms with Crippen molar-refractivity contribution < 1.29 is 14.7 Å². The number of anilines is 2. The largest absolute Gasteiger partial charge is 0.478 e. The van der Waals surface area contributed by atoms with Gasteiger partial charge < -0.3 is 26.0 Å². The van der Waals surface area contributed by atoms with Gasteiger partial charge in [-0.05, 0) is 18.2 Å². The molecule has 0 aliphatic carbocycles. The molecule has 2 aliphatic rings. The highest BCUT2D eigenvalue weighted by molar-refractivity contribution is 5.90. The molecule has 4 N–H and O–H groups in total. The standard InChI is InChI=1S/C13H16N4O3/c14-10-5-8(12(18)19)1-2-11(10)16-3-4-17-9(7-16)6-15-13(17)20/h1-2,5,9H,3-4,6-7,14H2,(H,15,20)(H,18,19). The summed E-state index contributed by atoms with van der Waals surface area (Å²) in [7, 11) is 0. The SMILES string of the molecule is Nc1cc(C(=O)O)ccc1N1CCN2C(=O)NCC2C1.